The average molecular weight is 292 g/mol. The first-order valence-electron chi connectivity index (χ1n) is 5.51. The fraction of sp³-hybridized carbons (Fsp3) is 0.231. The summed E-state index contributed by atoms with van der Waals surface area (Å²) in [6, 6.07) is 8.05. The van der Waals surface area contributed by atoms with E-state index in [0.29, 0.717) is 0 Å². The van der Waals surface area contributed by atoms with Crippen LogP contribution < -0.4 is 5.32 Å². The van der Waals surface area contributed by atoms with Crippen LogP contribution in [0.15, 0.2) is 41.1 Å². The molecule has 0 saturated heterocycles. The van der Waals surface area contributed by atoms with Gasteiger partial charge in [0.05, 0.1) is 5.69 Å². The highest BCUT2D eigenvalue weighted by Crippen LogP contribution is 2.16. The van der Waals surface area contributed by atoms with Crippen LogP contribution in [0.1, 0.15) is 11.3 Å². The van der Waals surface area contributed by atoms with Gasteiger partial charge in [0.2, 0.25) is 0 Å². The summed E-state index contributed by atoms with van der Waals surface area (Å²) in [4.78, 5) is 8.43. The predicted molar refractivity (Wildman–Crippen MR) is 73.1 cm³/mol. The van der Waals surface area contributed by atoms with Crippen LogP contribution in [0.3, 0.4) is 0 Å². The van der Waals surface area contributed by atoms with Crippen molar-refractivity contribution >= 4 is 21.7 Å². The maximum atomic E-state index is 4.43. The molecule has 0 aliphatic carbocycles. The summed E-state index contributed by atoms with van der Waals surface area (Å²) in [5, 5.41) is 3.31. The SMILES string of the molecule is Cc1nc(NCCc2ccncc2)ccc1Br. The molecule has 0 aliphatic rings. The highest BCUT2D eigenvalue weighted by Gasteiger charge is 1.98. The van der Waals surface area contributed by atoms with E-state index in [-0.39, 0.29) is 0 Å². The summed E-state index contributed by atoms with van der Waals surface area (Å²) in [6.07, 6.45) is 4.61. The summed E-state index contributed by atoms with van der Waals surface area (Å²) >= 11 is 3.44. The summed E-state index contributed by atoms with van der Waals surface area (Å²) in [7, 11) is 0. The van der Waals surface area contributed by atoms with Gasteiger partial charge in [-0.2, -0.15) is 0 Å². The number of pyridine rings is 2. The number of halogens is 1. The van der Waals surface area contributed by atoms with Gasteiger partial charge in [0.1, 0.15) is 5.82 Å². The highest BCUT2D eigenvalue weighted by molar-refractivity contribution is 9.10. The van der Waals surface area contributed by atoms with Crippen LogP contribution in [0.5, 0.6) is 0 Å². The van der Waals surface area contributed by atoms with Crippen LogP contribution >= 0.6 is 15.9 Å². The molecule has 1 N–H and O–H groups in total. The maximum Gasteiger partial charge on any atom is 0.126 e. The van der Waals surface area contributed by atoms with Gasteiger partial charge in [-0.15, -0.1) is 0 Å². The fourth-order valence-corrected chi connectivity index (χ4v) is 1.75. The van der Waals surface area contributed by atoms with E-state index in [9.17, 15) is 0 Å². The first kappa shape index (κ1) is 12.0. The topological polar surface area (TPSA) is 37.8 Å². The second kappa shape index (κ2) is 5.77. The van der Waals surface area contributed by atoms with E-state index in [2.05, 4.69) is 31.2 Å². The standard InChI is InChI=1S/C13H14BrN3/c1-10-12(14)2-3-13(17-10)16-9-6-11-4-7-15-8-5-11/h2-5,7-8H,6,9H2,1H3,(H,16,17). The van der Waals surface area contributed by atoms with Crippen LogP contribution in [-0.4, -0.2) is 16.5 Å². The Morgan fingerprint density at radius 3 is 2.65 bits per heavy atom. The predicted octanol–water partition coefficient (Wildman–Crippen LogP) is 3.20. The molecule has 4 heteroatoms. The average Bonchev–Trinajstić information content (AvgIpc) is 2.35. The lowest BCUT2D eigenvalue weighted by molar-refractivity contribution is 0.994. The van der Waals surface area contributed by atoms with E-state index in [1.54, 1.807) is 0 Å². The molecule has 0 amide bonds. The third kappa shape index (κ3) is 3.53. The van der Waals surface area contributed by atoms with E-state index in [4.69, 9.17) is 0 Å². The molecular formula is C13H14BrN3. The Morgan fingerprint density at radius 1 is 1.18 bits per heavy atom. The van der Waals surface area contributed by atoms with Gasteiger partial charge in [0, 0.05) is 23.4 Å². The van der Waals surface area contributed by atoms with E-state index in [1.807, 2.05) is 43.6 Å². The summed E-state index contributed by atoms with van der Waals surface area (Å²) in [5.41, 5.74) is 2.28. The molecule has 2 rings (SSSR count). The molecule has 0 spiro atoms. The van der Waals surface area contributed by atoms with E-state index >= 15 is 0 Å². The maximum absolute atomic E-state index is 4.43. The molecule has 2 aromatic heterocycles. The third-order valence-corrected chi connectivity index (χ3v) is 3.33. The number of anilines is 1. The molecule has 0 fully saturated rings. The largest absolute Gasteiger partial charge is 0.370 e. The number of aromatic nitrogens is 2. The first-order chi connectivity index (χ1) is 8.25. The molecule has 0 bridgehead atoms. The molecule has 0 aliphatic heterocycles. The van der Waals surface area contributed by atoms with Crippen molar-refractivity contribution < 1.29 is 0 Å². The Labute approximate surface area is 109 Å². The molecular weight excluding hydrogens is 278 g/mol. The zero-order valence-electron chi connectivity index (χ0n) is 9.65. The van der Waals surface area contributed by atoms with Gasteiger partial charge in [-0.3, -0.25) is 4.98 Å². The number of nitrogens with one attached hydrogen (secondary N) is 1. The summed E-state index contributed by atoms with van der Waals surface area (Å²) in [6.45, 7) is 2.86. The second-order valence-corrected chi connectivity index (χ2v) is 4.65. The Bertz CT molecular complexity index is 485. The monoisotopic (exact) mass is 291 g/mol. The van der Waals surface area contributed by atoms with Crippen molar-refractivity contribution in [3.05, 3.63) is 52.4 Å². The molecule has 0 atom stereocenters. The minimum absolute atomic E-state index is 0.873. The quantitative estimate of drug-likeness (QED) is 0.940. The lowest BCUT2D eigenvalue weighted by atomic mass is 10.2. The molecule has 0 aromatic carbocycles. The molecule has 0 unspecified atom stereocenters. The zero-order chi connectivity index (χ0) is 12.1. The van der Waals surface area contributed by atoms with Crippen LogP contribution in [0, 0.1) is 6.92 Å². The van der Waals surface area contributed by atoms with E-state index in [0.717, 1.165) is 29.0 Å². The van der Waals surface area contributed by atoms with Gasteiger partial charge in [-0.25, -0.2) is 4.98 Å². The number of rotatable bonds is 4. The molecule has 3 nitrogen and oxygen atoms in total. The number of aryl methyl sites for hydroxylation is 1. The van der Waals surface area contributed by atoms with Gasteiger partial charge >= 0.3 is 0 Å². The second-order valence-electron chi connectivity index (χ2n) is 3.80. The minimum atomic E-state index is 0.873. The van der Waals surface area contributed by atoms with Crippen molar-refractivity contribution in [2.75, 3.05) is 11.9 Å². The molecule has 2 heterocycles. The Hall–Kier alpha value is -1.42. The highest BCUT2D eigenvalue weighted by atomic mass is 79.9. The van der Waals surface area contributed by atoms with Crippen LogP contribution in [0.25, 0.3) is 0 Å². The Morgan fingerprint density at radius 2 is 1.94 bits per heavy atom. The van der Waals surface area contributed by atoms with Crippen LogP contribution in [0.2, 0.25) is 0 Å². The fourth-order valence-electron chi connectivity index (χ4n) is 1.53. The van der Waals surface area contributed by atoms with Crippen molar-refractivity contribution in [2.45, 2.75) is 13.3 Å². The Kier molecular flexibility index (Phi) is 4.09. The number of hydrogen-bond donors (Lipinski definition) is 1. The molecule has 17 heavy (non-hydrogen) atoms. The van der Waals surface area contributed by atoms with Crippen molar-refractivity contribution in [2.24, 2.45) is 0 Å². The van der Waals surface area contributed by atoms with E-state index in [1.165, 1.54) is 5.56 Å². The number of nitrogens with zero attached hydrogens (tertiary/aromatic N) is 2. The zero-order valence-corrected chi connectivity index (χ0v) is 11.2. The minimum Gasteiger partial charge on any atom is -0.370 e. The van der Waals surface area contributed by atoms with Gasteiger partial charge in [0.25, 0.3) is 0 Å². The lowest BCUT2D eigenvalue weighted by Crippen LogP contribution is -2.06. The molecule has 0 saturated carbocycles. The number of hydrogen-bond acceptors (Lipinski definition) is 3. The van der Waals surface area contributed by atoms with Gasteiger partial charge in [0.15, 0.2) is 0 Å². The third-order valence-electron chi connectivity index (χ3n) is 2.49. The normalized spacial score (nSPS) is 10.2. The van der Waals surface area contributed by atoms with E-state index < -0.39 is 0 Å². The summed E-state index contributed by atoms with van der Waals surface area (Å²) in [5.74, 6) is 0.916. The van der Waals surface area contributed by atoms with Gasteiger partial charge < -0.3 is 5.32 Å². The van der Waals surface area contributed by atoms with Crippen molar-refractivity contribution in [3.63, 3.8) is 0 Å². The first-order valence-corrected chi connectivity index (χ1v) is 6.31. The van der Waals surface area contributed by atoms with Gasteiger partial charge in [-0.05, 0) is 59.1 Å². The van der Waals surface area contributed by atoms with Gasteiger partial charge in [-0.1, -0.05) is 0 Å². The van der Waals surface area contributed by atoms with Crippen molar-refractivity contribution in [1.82, 2.24) is 9.97 Å². The lowest BCUT2D eigenvalue weighted by Gasteiger charge is -2.07. The molecule has 2 aromatic rings. The Balaban J connectivity index is 1.88. The summed E-state index contributed by atoms with van der Waals surface area (Å²) < 4.78 is 1.04. The van der Waals surface area contributed by atoms with Crippen LogP contribution in [0.4, 0.5) is 5.82 Å². The molecule has 88 valence electrons. The van der Waals surface area contributed by atoms with Crippen LogP contribution in [-0.2, 0) is 6.42 Å². The smallest absolute Gasteiger partial charge is 0.126 e. The van der Waals surface area contributed by atoms with Crippen molar-refractivity contribution in [1.29, 1.82) is 0 Å². The van der Waals surface area contributed by atoms with Crippen molar-refractivity contribution in [3.8, 4) is 0 Å². The molecule has 0 radical (unpaired) electrons.